The number of nitrogens with zero attached hydrogens (tertiary/aromatic N) is 1. The van der Waals surface area contributed by atoms with Crippen molar-refractivity contribution in [3.05, 3.63) is 59.7 Å². The van der Waals surface area contributed by atoms with Gasteiger partial charge in [-0.25, -0.2) is 4.79 Å². The molecule has 5 nitrogen and oxygen atoms in total. The number of carbonyl (C=O) groups is 2. The van der Waals surface area contributed by atoms with Crippen LogP contribution in [0.3, 0.4) is 0 Å². The molecule has 1 aliphatic carbocycles. The van der Waals surface area contributed by atoms with Gasteiger partial charge in [0.2, 0.25) is 0 Å². The molecule has 1 atom stereocenters. The van der Waals surface area contributed by atoms with Crippen molar-refractivity contribution in [2.45, 2.75) is 18.3 Å². The lowest BCUT2D eigenvalue weighted by molar-refractivity contribution is -0.346. The number of hydrogen-bond acceptors (Lipinski definition) is 3. The molecule has 11 heteroatoms. The van der Waals surface area contributed by atoms with Crippen LogP contribution in [0, 0.1) is 11.3 Å². The highest BCUT2D eigenvalue weighted by Gasteiger charge is 2.79. The highest BCUT2D eigenvalue weighted by Crippen LogP contribution is 2.58. The molecular weight excluding hydrogens is 456 g/mol. The summed E-state index contributed by atoms with van der Waals surface area (Å²) in [7, 11) is 0. The molecule has 0 aromatic heterocycles. The molecule has 0 saturated carbocycles. The fourth-order valence-electron chi connectivity index (χ4n) is 4.70. The third-order valence-electron chi connectivity index (χ3n) is 6.34. The summed E-state index contributed by atoms with van der Waals surface area (Å²) in [5.41, 5.74) is -1.21. The molecule has 1 N–H and O–H groups in total. The number of benzene rings is 2. The van der Waals surface area contributed by atoms with Gasteiger partial charge < -0.3 is 14.7 Å². The standard InChI is InChI=1S/C22H17F6NO4/c23-21(24,25)20(22(26,27)28)11-29(9-17(20)18(30)31)19(32)33-10-16-14-7-3-1-5-12(14)13-6-2-4-8-15(13)16/h1-8,16-17H,9-11H2,(H,30,31). The van der Waals surface area contributed by atoms with E-state index < -0.39 is 54.8 Å². The van der Waals surface area contributed by atoms with Crippen molar-refractivity contribution in [3.8, 4) is 11.1 Å². The van der Waals surface area contributed by atoms with Crippen molar-refractivity contribution in [3.63, 3.8) is 0 Å². The van der Waals surface area contributed by atoms with E-state index in [1.807, 2.05) is 24.3 Å². The van der Waals surface area contributed by atoms with Gasteiger partial charge in [-0.05, 0) is 22.3 Å². The molecule has 1 aliphatic heterocycles. The Morgan fingerprint density at radius 3 is 1.85 bits per heavy atom. The molecule has 2 aromatic rings. The molecule has 0 radical (unpaired) electrons. The van der Waals surface area contributed by atoms with E-state index in [1.54, 1.807) is 24.3 Å². The van der Waals surface area contributed by atoms with Crippen LogP contribution in [0.15, 0.2) is 48.5 Å². The first-order valence-corrected chi connectivity index (χ1v) is 9.84. The van der Waals surface area contributed by atoms with Crippen LogP contribution < -0.4 is 0 Å². The maximum absolute atomic E-state index is 13.6. The van der Waals surface area contributed by atoms with Gasteiger partial charge in [0.1, 0.15) is 6.61 Å². The zero-order valence-corrected chi connectivity index (χ0v) is 16.8. The first kappa shape index (κ1) is 22.9. The largest absolute Gasteiger partial charge is 0.481 e. The van der Waals surface area contributed by atoms with Crippen molar-refractivity contribution in [2.75, 3.05) is 19.7 Å². The van der Waals surface area contributed by atoms with Gasteiger partial charge in [0.05, 0.1) is 5.92 Å². The summed E-state index contributed by atoms with van der Waals surface area (Å²) in [5, 5.41) is 9.12. The molecule has 1 unspecified atom stereocenters. The molecule has 1 amide bonds. The first-order chi connectivity index (χ1) is 15.4. The van der Waals surface area contributed by atoms with E-state index in [0.29, 0.717) is 0 Å². The van der Waals surface area contributed by atoms with E-state index in [4.69, 9.17) is 9.84 Å². The maximum atomic E-state index is 13.6. The topological polar surface area (TPSA) is 66.8 Å². The number of halogens is 6. The minimum Gasteiger partial charge on any atom is -0.481 e. The number of amides is 1. The van der Waals surface area contributed by atoms with Gasteiger partial charge in [-0.2, -0.15) is 26.3 Å². The van der Waals surface area contributed by atoms with E-state index in [1.165, 1.54) is 0 Å². The van der Waals surface area contributed by atoms with E-state index in [0.717, 1.165) is 22.3 Å². The number of carboxylic acid groups (broad SMARTS) is 1. The second-order valence-corrected chi connectivity index (χ2v) is 8.04. The zero-order chi connectivity index (χ0) is 24.2. The molecule has 0 spiro atoms. The molecule has 1 fully saturated rings. The quantitative estimate of drug-likeness (QED) is 0.633. The van der Waals surface area contributed by atoms with E-state index in [9.17, 15) is 35.9 Å². The summed E-state index contributed by atoms with van der Waals surface area (Å²) in [6.45, 7) is -3.48. The number of rotatable bonds is 3. The molecule has 1 saturated heterocycles. The smallest absolute Gasteiger partial charge is 0.409 e. The van der Waals surface area contributed by atoms with Crippen molar-refractivity contribution >= 4 is 12.1 Å². The van der Waals surface area contributed by atoms with Gasteiger partial charge in [-0.3, -0.25) is 4.79 Å². The SMILES string of the molecule is O=C(O)C1CN(C(=O)OCC2c3ccccc3-c3ccccc32)CC1(C(F)(F)F)C(F)(F)F. The van der Waals surface area contributed by atoms with Crippen molar-refractivity contribution < 1.29 is 45.8 Å². The second kappa shape index (κ2) is 7.67. The van der Waals surface area contributed by atoms with Gasteiger partial charge in [0.25, 0.3) is 0 Å². The Labute approximate surface area is 183 Å². The normalized spacial score (nSPS) is 19.8. The van der Waals surface area contributed by atoms with Gasteiger partial charge in [-0.15, -0.1) is 0 Å². The number of ether oxygens (including phenoxy) is 1. The third kappa shape index (κ3) is 3.50. The van der Waals surface area contributed by atoms with Gasteiger partial charge in [0.15, 0.2) is 5.41 Å². The van der Waals surface area contributed by atoms with Gasteiger partial charge >= 0.3 is 24.4 Å². The van der Waals surface area contributed by atoms with E-state index in [2.05, 4.69) is 0 Å². The number of likely N-dealkylation sites (tertiary alicyclic amines) is 1. The fourth-order valence-corrected chi connectivity index (χ4v) is 4.70. The molecule has 1 heterocycles. The predicted octanol–water partition coefficient (Wildman–Crippen LogP) is 5.06. The van der Waals surface area contributed by atoms with Gasteiger partial charge in [-0.1, -0.05) is 48.5 Å². The lowest BCUT2D eigenvalue weighted by Crippen LogP contribution is -2.57. The summed E-state index contributed by atoms with van der Waals surface area (Å²) in [4.78, 5) is 24.0. The van der Waals surface area contributed by atoms with Crippen molar-refractivity contribution in [2.24, 2.45) is 11.3 Å². The third-order valence-corrected chi connectivity index (χ3v) is 6.34. The summed E-state index contributed by atoms with van der Waals surface area (Å²) >= 11 is 0. The minimum absolute atomic E-state index is 0.173. The zero-order valence-electron chi connectivity index (χ0n) is 16.8. The Balaban J connectivity index is 1.57. The van der Waals surface area contributed by atoms with Crippen LogP contribution in [0.1, 0.15) is 17.0 Å². The number of alkyl halides is 6. The van der Waals surface area contributed by atoms with Crippen LogP contribution in [-0.4, -0.2) is 54.1 Å². The van der Waals surface area contributed by atoms with Crippen LogP contribution >= 0.6 is 0 Å². The Hall–Kier alpha value is -3.24. The lowest BCUT2D eigenvalue weighted by Gasteiger charge is -2.36. The number of carboxylic acids is 1. The highest BCUT2D eigenvalue weighted by atomic mass is 19.4. The van der Waals surface area contributed by atoms with Gasteiger partial charge in [0, 0.05) is 19.0 Å². The Bertz CT molecular complexity index is 1040. The maximum Gasteiger partial charge on any atom is 0.409 e. The van der Waals surface area contributed by atoms with Crippen LogP contribution in [0.25, 0.3) is 11.1 Å². The summed E-state index contributed by atoms with van der Waals surface area (Å²) in [6, 6.07) is 14.5. The van der Waals surface area contributed by atoms with Crippen LogP contribution in [0.4, 0.5) is 31.1 Å². The number of fused-ring (bicyclic) bond motifs is 3. The highest BCUT2D eigenvalue weighted by molar-refractivity contribution is 5.79. The number of aliphatic carboxylic acids is 1. The molecular formula is C22H17F6NO4. The molecule has 33 heavy (non-hydrogen) atoms. The van der Waals surface area contributed by atoms with Crippen molar-refractivity contribution in [1.29, 1.82) is 0 Å². The minimum atomic E-state index is -5.94. The first-order valence-electron chi connectivity index (χ1n) is 9.84. The fraction of sp³-hybridized carbons (Fsp3) is 0.364. The second-order valence-electron chi connectivity index (χ2n) is 8.04. The van der Waals surface area contributed by atoms with Crippen molar-refractivity contribution in [1.82, 2.24) is 4.90 Å². The molecule has 2 aliphatic rings. The van der Waals surface area contributed by atoms with E-state index >= 15 is 0 Å². The van der Waals surface area contributed by atoms with Crippen LogP contribution in [-0.2, 0) is 9.53 Å². The predicted molar refractivity (Wildman–Crippen MR) is 102 cm³/mol. The lowest BCUT2D eigenvalue weighted by atomic mass is 9.76. The average Bonchev–Trinajstić information content (AvgIpc) is 3.30. The summed E-state index contributed by atoms with van der Waals surface area (Å²) < 4.78 is 86.5. The molecule has 0 bridgehead atoms. The average molecular weight is 473 g/mol. The Morgan fingerprint density at radius 1 is 0.939 bits per heavy atom. The Morgan fingerprint density at radius 2 is 1.42 bits per heavy atom. The monoisotopic (exact) mass is 473 g/mol. The summed E-state index contributed by atoms with van der Waals surface area (Å²) in [5.74, 6) is -5.66. The van der Waals surface area contributed by atoms with Crippen LogP contribution in [0.2, 0.25) is 0 Å². The summed E-state index contributed by atoms with van der Waals surface area (Å²) in [6.07, 6.45) is -13.3. The molecule has 4 rings (SSSR count). The number of carbonyl (C=O) groups excluding carboxylic acids is 1. The van der Waals surface area contributed by atoms with Crippen LogP contribution in [0.5, 0.6) is 0 Å². The Kier molecular flexibility index (Phi) is 5.33. The molecule has 2 aromatic carbocycles. The van der Waals surface area contributed by atoms with E-state index in [-0.39, 0.29) is 11.5 Å². The molecule has 176 valence electrons. The number of hydrogen-bond donors (Lipinski definition) is 1.